The maximum absolute atomic E-state index is 12.4. The zero-order valence-electron chi connectivity index (χ0n) is 15.4. The van der Waals surface area contributed by atoms with E-state index in [-0.39, 0.29) is 24.3 Å². The van der Waals surface area contributed by atoms with Crippen molar-refractivity contribution in [3.63, 3.8) is 0 Å². The predicted octanol–water partition coefficient (Wildman–Crippen LogP) is 3.03. The molecule has 1 fully saturated rings. The van der Waals surface area contributed by atoms with Gasteiger partial charge < -0.3 is 20.7 Å². The Balaban J connectivity index is 1.51. The number of carbonyl (C=O) groups excluding carboxylic acids is 2. The first-order valence-corrected chi connectivity index (χ1v) is 9.22. The van der Waals surface area contributed by atoms with Gasteiger partial charge in [0.25, 0.3) is 5.91 Å². The average Bonchev–Trinajstić information content (AvgIpc) is 2.67. The highest BCUT2D eigenvalue weighted by Gasteiger charge is 2.24. The lowest BCUT2D eigenvalue weighted by Gasteiger charge is -2.27. The molecule has 2 atom stereocenters. The van der Waals surface area contributed by atoms with E-state index in [1.165, 1.54) is 0 Å². The Labute approximate surface area is 159 Å². The van der Waals surface area contributed by atoms with Gasteiger partial charge in [-0.1, -0.05) is 24.3 Å². The summed E-state index contributed by atoms with van der Waals surface area (Å²) in [4.78, 5) is 24.4. The molecule has 2 aromatic rings. The Hall–Kier alpha value is -2.86. The van der Waals surface area contributed by atoms with Gasteiger partial charge in [0, 0.05) is 29.4 Å². The summed E-state index contributed by atoms with van der Waals surface area (Å²) in [6.45, 7) is 2.85. The van der Waals surface area contributed by atoms with Crippen molar-refractivity contribution in [2.75, 3.05) is 23.8 Å². The van der Waals surface area contributed by atoms with Crippen LogP contribution in [-0.4, -0.2) is 31.0 Å². The number of nitrogens with one attached hydrogen (secondary N) is 3. The Kier molecular flexibility index (Phi) is 6.44. The monoisotopic (exact) mass is 367 g/mol. The molecule has 3 N–H and O–H groups in total. The first kappa shape index (κ1) is 18.9. The smallest absolute Gasteiger partial charge is 0.262 e. The van der Waals surface area contributed by atoms with Gasteiger partial charge in [0.05, 0.1) is 0 Å². The number of piperidine rings is 1. The minimum Gasteiger partial charge on any atom is -0.484 e. The Morgan fingerprint density at radius 2 is 1.85 bits per heavy atom. The fraction of sp³-hybridized carbons (Fsp3) is 0.333. The molecule has 1 saturated heterocycles. The van der Waals surface area contributed by atoms with Crippen LogP contribution in [0.2, 0.25) is 0 Å². The van der Waals surface area contributed by atoms with E-state index in [9.17, 15) is 9.59 Å². The van der Waals surface area contributed by atoms with Gasteiger partial charge in [-0.15, -0.1) is 0 Å². The number of amides is 2. The molecule has 6 nitrogen and oxygen atoms in total. The average molecular weight is 367 g/mol. The molecule has 0 unspecified atom stereocenters. The summed E-state index contributed by atoms with van der Waals surface area (Å²) in [6.07, 6.45) is 1.67. The number of anilines is 2. The molecule has 1 aliphatic rings. The van der Waals surface area contributed by atoms with Gasteiger partial charge >= 0.3 is 0 Å². The van der Waals surface area contributed by atoms with Crippen LogP contribution in [-0.2, 0) is 9.59 Å². The number of carbonyl (C=O) groups is 2. The van der Waals surface area contributed by atoms with Crippen LogP contribution in [0.4, 0.5) is 11.4 Å². The maximum Gasteiger partial charge on any atom is 0.262 e. The molecule has 27 heavy (non-hydrogen) atoms. The summed E-state index contributed by atoms with van der Waals surface area (Å²) in [5.41, 5.74) is 1.40. The zero-order chi connectivity index (χ0) is 19.1. The first-order chi connectivity index (χ1) is 13.1. The number of hydrogen-bond donors (Lipinski definition) is 3. The van der Waals surface area contributed by atoms with E-state index in [1.54, 1.807) is 18.2 Å². The van der Waals surface area contributed by atoms with Crippen LogP contribution < -0.4 is 20.7 Å². The lowest BCUT2D eigenvalue weighted by molar-refractivity contribution is -0.121. The Bertz CT molecular complexity index is 779. The van der Waals surface area contributed by atoms with Gasteiger partial charge in [-0.2, -0.15) is 0 Å². The lowest BCUT2D eigenvalue weighted by atomic mass is 9.92. The van der Waals surface area contributed by atoms with E-state index in [0.717, 1.165) is 25.1 Å². The molecular formula is C21H25N3O3. The normalized spacial score (nSPS) is 19.1. The van der Waals surface area contributed by atoms with Crippen LogP contribution in [0.1, 0.15) is 19.8 Å². The molecule has 1 aliphatic heterocycles. The second-order valence-electron chi connectivity index (χ2n) is 6.80. The van der Waals surface area contributed by atoms with Crippen LogP contribution in [0.25, 0.3) is 0 Å². The predicted molar refractivity (Wildman–Crippen MR) is 106 cm³/mol. The molecule has 0 bridgehead atoms. The Morgan fingerprint density at radius 1 is 1.07 bits per heavy atom. The largest absolute Gasteiger partial charge is 0.484 e. The molecule has 142 valence electrons. The summed E-state index contributed by atoms with van der Waals surface area (Å²) in [7, 11) is 0. The minimum absolute atomic E-state index is 0.0162. The second kappa shape index (κ2) is 9.19. The lowest BCUT2D eigenvalue weighted by Crippen LogP contribution is -2.40. The molecule has 3 rings (SSSR count). The highest BCUT2D eigenvalue weighted by molar-refractivity contribution is 5.93. The molecule has 0 saturated carbocycles. The van der Waals surface area contributed by atoms with Gasteiger partial charge in [0.2, 0.25) is 5.91 Å². The van der Waals surface area contributed by atoms with Gasteiger partial charge in [-0.05, 0) is 50.6 Å². The third-order valence-electron chi connectivity index (χ3n) is 4.52. The van der Waals surface area contributed by atoms with Gasteiger partial charge in [0.15, 0.2) is 6.61 Å². The molecule has 2 aromatic carbocycles. The SMILES string of the molecule is C[C@H]1C[C@@H](C(=O)Nc2cccc(OCC(=O)Nc3ccccc3)c2)CCN1. The number of rotatable bonds is 6. The van der Waals surface area contributed by atoms with Crippen LogP contribution >= 0.6 is 0 Å². The van der Waals surface area contributed by atoms with E-state index >= 15 is 0 Å². The third kappa shape index (κ3) is 5.82. The van der Waals surface area contributed by atoms with Crippen molar-refractivity contribution in [3.8, 4) is 5.75 Å². The maximum atomic E-state index is 12.4. The van der Waals surface area contributed by atoms with Crippen molar-refractivity contribution in [1.82, 2.24) is 5.32 Å². The summed E-state index contributed by atoms with van der Waals surface area (Å²) >= 11 is 0. The molecule has 0 radical (unpaired) electrons. The fourth-order valence-electron chi connectivity index (χ4n) is 3.15. The summed E-state index contributed by atoms with van der Waals surface area (Å²) in [6, 6.07) is 16.7. The molecule has 1 heterocycles. The van der Waals surface area contributed by atoms with Crippen molar-refractivity contribution in [1.29, 1.82) is 0 Å². The highest BCUT2D eigenvalue weighted by atomic mass is 16.5. The quantitative estimate of drug-likeness (QED) is 0.733. The van der Waals surface area contributed by atoms with Crippen LogP contribution in [0, 0.1) is 5.92 Å². The molecule has 6 heteroatoms. The van der Waals surface area contributed by atoms with Crippen molar-refractivity contribution in [3.05, 3.63) is 54.6 Å². The number of hydrogen-bond acceptors (Lipinski definition) is 4. The topological polar surface area (TPSA) is 79.5 Å². The minimum atomic E-state index is -0.237. The van der Waals surface area contributed by atoms with E-state index in [0.29, 0.717) is 17.5 Å². The van der Waals surface area contributed by atoms with Gasteiger partial charge in [0.1, 0.15) is 5.75 Å². The number of benzene rings is 2. The van der Waals surface area contributed by atoms with E-state index < -0.39 is 0 Å². The van der Waals surface area contributed by atoms with Crippen LogP contribution in [0.3, 0.4) is 0 Å². The number of ether oxygens (including phenoxy) is 1. The van der Waals surface area contributed by atoms with Crippen LogP contribution in [0.15, 0.2) is 54.6 Å². The highest BCUT2D eigenvalue weighted by Crippen LogP contribution is 2.21. The van der Waals surface area contributed by atoms with Crippen LogP contribution in [0.5, 0.6) is 5.75 Å². The van der Waals surface area contributed by atoms with E-state index in [2.05, 4.69) is 22.9 Å². The third-order valence-corrected chi connectivity index (χ3v) is 4.52. The first-order valence-electron chi connectivity index (χ1n) is 9.22. The second-order valence-corrected chi connectivity index (χ2v) is 6.80. The standard InChI is InChI=1S/C21H25N3O3/c1-15-12-16(10-11-22-15)21(26)24-18-8-5-9-19(13-18)27-14-20(25)23-17-6-3-2-4-7-17/h2-9,13,15-16,22H,10-12,14H2,1H3,(H,23,25)(H,24,26)/t15-,16-/m0/s1. The van der Waals surface area contributed by atoms with E-state index in [1.807, 2.05) is 36.4 Å². The molecule has 2 amide bonds. The number of para-hydroxylation sites is 1. The van der Waals surface area contributed by atoms with Gasteiger partial charge in [-0.25, -0.2) is 0 Å². The van der Waals surface area contributed by atoms with Crippen molar-refractivity contribution in [2.45, 2.75) is 25.8 Å². The molecule has 0 spiro atoms. The van der Waals surface area contributed by atoms with Crippen molar-refractivity contribution < 1.29 is 14.3 Å². The molecular weight excluding hydrogens is 342 g/mol. The summed E-state index contributed by atoms with van der Waals surface area (Å²) in [5, 5.41) is 9.07. The zero-order valence-corrected chi connectivity index (χ0v) is 15.4. The van der Waals surface area contributed by atoms with Gasteiger partial charge in [-0.3, -0.25) is 9.59 Å². The molecule has 0 aliphatic carbocycles. The van der Waals surface area contributed by atoms with Crippen molar-refractivity contribution in [2.24, 2.45) is 5.92 Å². The molecule has 0 aromatic heterocycles. The van der Waals surface area contributed by atoms with E-state index in [4.69, 9.17) is 4.74 Å². The summed E-state index contributed by atoms with van der Waals surface area (Å²) < 4.78 is 5.55. The van der Waals surface area contributed by atoms with Crippen molar-refractivity contribution >= 4 is 23.2 Å². The summed E-state index contributed by atoms with van der Waals surface area (Å²) in [5.74, 6) is 0.346. The fourth-order valence-corrected chi connectivity index (χ4v) is 3.15. The Morgan fingerprint density at radius 3 is 2.63 bits per heavy atom.